The number of amides is 1. The Kier molecular flexibility index (Phi) is 7.27. The number of thiazole rings is 1. The molecule has 1 aromatic heterocycles. The summed E-state index contributed by atoms with van der Waals surface area (Å²) >= 11 is 4.85. The molecule has 2 aliphatic rings. The van der Waals surface area contributed by atoms with Crippen LogP contribution in [0.25, 0.3) is 0 Å². The van der Waals surface area contributed by atoms with E-state index < -0.39 is 29.5 Å². The predicted molar refractivity (Wildman–Crippen MR) is 134 cm³/mol. The summed E-state index contributed by atoms with van der Waals surface area (Å²) in [5, 5.41) is 5.42. The van der Waals surface area contributed by atoms with Crippen LogP contribution in [-0.2, 0) is 14.3 Å². The standard InChI is InChI=1S/C24H26BrFN4O4S/c1-5-33-22(31)18-17-11-14(28-23(32)34-24(2,3)4)12-30(17)20(21-27-8-9-35-21)29-19(18)15-7-6-13(26)10-16(15)25/h6-10,14,19H,5,11-12H2,1-4H3,(H,28,32)/t14-,19+/m1/s1. The first-order valence-corrected chi connectivity index (χ1v) is 12.8. The summed E-state index contributed by atoms with van der Waals surface area (Å²) in [7, 11) is 0. The topological polar surface area (TPSA) is 93.1 Å². The van der Waals surface area contributed by atoms with E-state index in [4.69, 9.17) is 14.5 Å². The highest BCUT2D eigenvalue weighted by Gasteiger charge is 2.43. The summed E-state index contributed by atoms with van der Waals surface area (Å²) in [6, 6.07) is 3.21. The van der Waals surface area contributed by atoms with Crippen LogP contribution in [0.3, 0.4) is 0 Å². The average molecular weight is 565 g/mol. The van der Waals surface area contributed by atoms with Crippen molar-refractivity contribution in [2.45, 2.75) is 51.8 Å². The quantitative estimate of drug-likeness (QED) is 0.516. The number of rotatable bonds is 5. The minimum Gasteiger partial charge on any atom is -0.463 e. The van der Waals surface area contributed by atoms with Crippen molar-refractivity contribution in [3.8, 4) is 0 Å². The molecule has 0 spiro atoms. The summed E-state index contributed by atoms with van der Waals surface area (Å²) < 4.78 is 25.2. The van der Waals surface area contributed by atoms with Crippen LogP contribution >= 0.6 is 27.3 Å². The van der Waals surface area contributed by atoms with E-state index in [-0.39, 0.29) is 12.6 Å². The van der Waals surface area contributed by atoms with Gasteiger partial charge in [-0.2, -0.15) is 0 Å². The molecule has 2 atom stereocenters. The van der Waals surface area contributed by atoms with E-state index in [0.29, 0.717) is 45.1 Å². The maximum Gasteiger partial charge on any atom is 0.407 e. The van der Waals surface area contributed by atoms with E-state index in [1.54, 1.807) is 40.0 Å². The molecule has 11 heteroatoms. The Labute approximate surface area is 215 Å². The molecule has 1 N–H and O–H groups in total. The minimum absolute atomic E-state index is 0.190. The third-order valence-electron chi connectivity index (χ3n) is 5.36. The zero-order chi connectivity index (χ0) is 25.3. The van der Waals surface area contributed by atoms with E-state index in [1.165, 1.54) is 23.5 Å². The Morgan fingerprint density at radius 2 is 2.11 bits per heavy atom. The number of carbonyl (C=O) groups excluding carboxylic acids is 2. The van der Waals surface area contributed by atoms with Crippen LogP contribution in [0.5, 0.6) is 0 Å². The molecule has 0 bridgehead atoms. The van der Waals surface area contributed by atoms with Crippen LogP contribution in [-0.4, -0.2) is 52.6 Å². The Hall–Kier alpha value is -2.79. The lowest BCUT2D eigenvalue weighted by molar-refractivity contribution is -0.139. The van der Waals surface area contributed by atoms with Gasteiger partial charge >= 0.3 is 12.1 Å². The van der Waals surface area contributed by atoms with E-state index in [0.717, 1.165) is 0 Å². The summed E-state index contributed by atoms with van der Waals surface area (Å²) in [5.74, 6) is -0.332. The Morgan fingerprint density at radius 1 is 1.34 bits per heavy atom. The number of esters is 1. The van der Waals surface area contributed by atoms with Crippen molar-refractivity contribution in [3.63, 3.8) is 0 Å². The summed E-state index contributed by atoms with van der Waals surface area (Å²) in [5.41, 5.74) is 1.02. The molecule has 1 aromatic carbocycles. The van der Waals surface area contributed by atoms with Gasteiger partial charge in [-0.25, -0.2) is 19.0 Å². The van der Waals surface area contributed by atoms with Crippen molar-refractivity contribution in [1.29, 1.82) is 0 Å². The normalized spacial score (nSPS) is 19.8. The number of nitrogens with zero attached hydrogens (tertiary/aromatic N) is 3. The molecule has 0 aliphatic carbocycles. The van der Waals surface area contributed by atoms with Gasteiger partial charge < -0.3 is 19.7 Å². The number of fused-ring (bicyclic) bond motifs is 1. The van der Waals surface area contributed by atoms with Crippen molar-refractivity contribution in [1.82, 2.24) is 15.2 Å². The van der Waals surface area contributed by atoms with E-state index >= 15 is 0 Å². The highest BCUT2D eigenvalue weighted by molar-refractivity contribution is 9.10. The number of hydrogen-bond donors (Lipinski definition) is 1. The van der Waals surface area contributed by atoms with Gasteiger partial charge in [0.15, 0.2) is 10.8 Å². The number of aliphatic imine (C=N–C) groups is 1. The van der Waals surface area contributed by atoms with Gasteiger partial charge in [0, 0.05) is 34.7 Å². The molecule has 2 aliphatic heterocycles. The molecular formula is C24H26BrFN4O4S. The van der Waals surface area contributed by atoms with E-state index in [1.807, 2.05) is 10.3 Å². The Bertz CT molecular complexity index is 1190. The molecule has 186 valence electrons. The third-order valence-corrected chi connectivity index (χ3v) is 6.81. The molecule has 1 saturated heterocycles. The first kappa shape index (κ1) is 25.3. The van der Waals surface area contributed by atoms with Crippen molar-refractivity contribution < 1.29 is 23.5 Å². The van der Waals surface area contributed by atoms with Gasteiger partial charge in [0.25, 0.3) is 0 Å². The smallest absolute Gasteiger partial charge is 0.407 e. The molecule has 0 saturated carbocycles. The van der Waals surface area contributed by atoms with E-state index in [9.17, 15) is 14.0 Å². The van der Waals surface area contributed by atoms with Crippen LogP contribution in [0.15, 0.2) is 50.5 Å². The SMILES string of the molecule is CCOC(=O)C1=C2C[C@@H](NC(=O)OC(C)(C)C)CN2C(c2nccs2)=N[C@H]1c1ccc(F)cc1Br. The van der Waals surface area contributed by atoms with Crippen molar-refractivity contribution in [3.05, 3.63) is 61.9 Å². The number of aromatic nitrogens is 1. The molecule has 4 rings (SSSR count). The summed E-state index contributed by atoms with van der Waals surface area (Å²) in [4.78, 5) is 36.9. The number of benzene rings is 1. The lowest BCUT2D eigenvalue weighted by Gasteiger charge is -2.31. The number of halogens is 2. The summed E-state index contributed by atoms with van der Waals surface area (Å²) in [6.07, 6.45) is 1.51. The summed E-state index contributed by atoms with van der Waals surface area (Å²) in [6.45, 7) is 7.69. The van der Waals surface area contributed by atoms with Gasteiger partial charge in [-0.3, -0.25) is 4.99 Å². The maximum atomic E-state index is 13.9. The maximum absolute atomic E-state index is 13.9. The van der Waals surface area contributed by atoms with Gasteiger partial charge in [-0.15, -0.1) is 11.3 Å². The van der Waals surface area contributed by atoms with Crippen LogP contribution in [0, 0.1) is 5.82 Å². The Balaban J connectivity index is 1.79. The molecule has 1 amide bonds. The fraction of sp³-hybridized carbons (Fsp3) is 0.417. The lowest BCUT2D eigenvalue weighted by atomic mass is 9.94. The molecular weight excluding hydrogens is 539 g/mol. The number of alkyl carbamates (subject to hydrolysis) is 1. The lowest BCUT2D eigenvalue weighted by Crippen LogP contribution is -2.41. The van der Waals surface area contributed by atoms with E-state index in [2.05, 4.69) is 26.2 Å². The molecule has 35 heavy (non-hydrogen) atoms. The number of amidine groups is 1. The van der Waals surface area contributed by atoms with Crippen molar-refractivity contribution in [2.24, 2.45) is 4.99 Å². The zero-order valence-corrected chi connectivity index (χ0v) is 22.2. The van der Waals surface area contributed by atoms with Crippen LogP contribution in [0.4, 0.5) is 9.18 Å². The Morgan fingerprint density at radius 3 is 2.74 bits per heavy atom. The molecule has 0 unspecified atom stereocenters. The molecule has 8 nitrogen and oxygen atoms in total. The van der Waals surface area contributed by atoms with Crippen molar-refractivity contribution in [2.75, 3.05) is 13.2 Å². The molecule has 3 heterocycles. The fourth-order valence-corrected chi connectivity index (χ4v) is 5.29. The first-order valence-electron chi connectivity index (χ1n) is 11.2. The van der Waals surface area contributed by atoms with Crippen molar-refractivity contribution >= 4 is 45.2 Å². The highest BCUT2D eigenvalue weighted by atomic mass is 79.9. The highest BCUT2D eigenvalue weighted by Crippen LogP contribution is 2.42. The van der Waals surface area contributed by atoms with Gasteiger partial charge in [-0.05, 0) is 45.4 Å². The number of hydrogen-bond acceptors (Lipinski definition) is 8. The largest absolute Gasteiger partial charge is 0.463 e. The van der Waals surface area contributed by atoms with Gasteiger partial charge in [-0.1, -0.05) is 22.0 Å². The number of ether oxygens (including phenoxy) is 2. The second-order valence-electron chi connectivity index (χ2n) is 9.10. The van der Waals surface area contributed by atoms with Gasteiger partial charge in [0.05, 0.1) is 18.2 Å². The molecule has 0 radical (unpaired) electrons. The fourth-order valence-electron chi connectivity index (χ4n) is 4.08. The molecule has 2 aromatic rings. The third kappa shape index (κ3) is 5.56. The van der Waals surface area contributed by atoms with Crippen LogP contribution in [0.1, 0.15) is 50.7 Å². The number of carbonyl (C=O) groups is 2. The van der Waals surface area contributed by atoms with Crippen LogP contribution in [0.2, 0.25) is 0 Å². The van der Waals surface area contributed by atoms with Gasteiger partial charge in [0.2, 0.25) is 0 Å². The second-order valence-corrected chi connectivity index (χ2v) is 10.8. The van der Waals surface area contributed by atoms with Gasteiger partial charge in [0.1, 0.15) is 17.5 Å². The minimum atomic E-state index is -0.741. The zero-order valence-electron chi connectivity index (χ0n) is 19.8. The second kappa shape index (κ2) is 10.1. The first-order chi connectivity index (χ1) is 16.6. The predicted octanol–water partition coefficient (Wildman–Crippen LogP) is 4.96. The monoisotopic (exact) mass is 564 g/mol. The number of nitrogens with one attached hydrogen (secondary N) is 1. The van der Waals surface area contributed by atoms with Crippen LogP contribution < -0.4 is 5.32 Å². The average Bonchev–Trinajstić information content (AvgIpc) is 3.41. The molecule has 1 fully saturated rings.